The molecule has 4 heteroatoms. The third-order valence-corrected chi connectivity index (χ3v) is 3.23. The van der Waals surface area contributed by atoms with Crippen LogP contribution in [-0.4, -0.2) is 41.6 Å². The molecule has 0 bridgehead atoms. The average Bonchev–Trinajstić information content (AvgIpc) is 2.69. The highest BCUT2D eigenvalue weighted by Gasteiger charge is 2.17. The lowest BCUT2D eigenvalue weighted by molar-refractivity contribution is 0.205. The summed E-state index contributed by atoms with van der Waals surface area (Å²) < 4.78 is 2.22. The fourth-order valence-electron chi connectivity index (χ4n) is 2.21. The summed E-state index contributed by atoms with van der Waals surface area (Å²) in [5.74, 6) is 1.79. The van der Waals surface area contributed by atoms with Crippen molar-refractivity contribution in [2.75, 3.05) is 32.5 Å². The number of hydrogen-bond acceptors (Lipinski definition) is 3. The first kappa shape index (κ1) is 10.5. The first-order valence-corrected chi connectivity index (χ1v) is 5.67. The van der Waals surface area contributed by atoms with Crippen molar-refractivity contribution < 1.29 is 0 Å². The molecule has 1 saturated heterocycles. The molecule has 0 spiro atoms. The first-order valence-electron chi connectivity index (χ1n) is 5.67. The van der Waals surface area contributed by atoms with Crippen molar-refractivity contribution in [1.82, 2.24) is 14.5 Å². The van der Waals surface area contributed by atoms with Crippen LogP contribution >= 0.6 is 0 Å². The Hall–Kier alpha value is -1.03. The molecule has 4 nitrogen and oxygen atoms in total. The van der Waals surface area contributed by atoms with Crippen LogP contribution in [0.1, 0.15) is 12.8 Å². The highest BCUT2D eigenvalue weighted by atomic mass is 15.2. The van der Waals surface area contributed by atoms with Gasteiger partial charge in [0.1, 0.15) is 0 Å². The minimum atomic E-state index is 0.808. The minimum absolute atomic E-state index is 0.808. The second kappa shape index (κ2) is 4.66. The second-order valence-corrected chi connectivity index (χ2v) is 4.40. The minimum Gasteiger partial charge on any atom is -0.359 e. The zero-order valence-corrected chi connectivity index (χ0v) is 9.61. The summed E-state index contributed by atoms with van der Waals surface area (Å²) >= 11 is 0. The van der Waals surface area contributed by atoms with Gasteiger partial charge in [0.25, 0.3) is 0 Å². The van der Waals surface area contributed by atoms with Crippen molar-refractivity contribution in [2.24, 2.45) is 5.92 Å². The SMILES string of the molecule is CNc1nccn1CC1CCN(C)CC1. The number of imidazole rings is 1. The van der Waals surface area contributed by atoms with E-state index in [1.165, 1.54) is 25.9 Å². The van der Waals surface area contributed by atoms with Gasteiger partial charge in [-0.3, -0.25) is 0 Å². The molecule has 1 N–H and O–H groups in total. The number of hydrogen-bond donors (Lipinski definition) is 1. The lowest BCUT2D eigenvalue weighted by Crippen LogP contribution is -2.31. The van der Waals surface area contributed by atoms with Crippen LogP contribution in [0.5, 0.6) is 0 Å². The van der Waals surface area contributed by atoms with Gasteiger partial charge in [0.05, 0.1) is 0 Å². The number of piperidine rings is 1. The Bertz CT molecular complexity index is 299. The summed E-state index contributed by atoms with van der Waals surface area (Å²) in [4.78, 5) is 6.66. The van der Waals surface area contributed by atoms with E-state index in [4.69, 9.17) is 0 Å². The van der Waals surface area contributed by atoms with Crippen LogP contribution in [0.25, 0.3) is 0 Å². The van der Waals surface area contributed by atoms with Gasteiger partial charge in [-0.05, 0) is 38.9 Å². The molecule has 0 aliphatic carbocycles. The van der Waals surface area contributed by atoms with Gasteiger partial charge < -0.3 is 14.8 Å². The number of likely N-dealkylation sites (tertiary alicyclic amines) is 1. The van der Waals surface area contributed by atoms with Crippen LogP contribution < -0.4 is 5.32 Å². The molecule has 1 aliphatic rings. The largest absolute Gasteiger partial charge is 0.359 e. The number of nitrogens with one attached hydrogen (secondary N) is 1. The van der Waals surface area contributed by atoms with Crippen LogP contribution in [0.2, 0.25) is 0 Å². The van der Waals surface area contributed by atoms with Crippen LogP contribution in [0.15, 0.2) is 12.4 Å². The molecule has 0 amide bonds. The van der Waals surface area contributed by atoms with E-state index in [1.54, 1.807) is 0 Å². The summed E-state index contributed by atoms with van der Waals surface area (Å²) in [6.07, 6.45) is 6.53. The van der Waals surface area contributed by atoms with Crippen LogP contribution in [-0.2, 0) is 6.54 Å². The van der Waals surface area contributed by atoms with E-state index in [1.807, 2.05) is 13.2 Å². The van der Waals surface area contributed by atoms with Crippen LogP contribution in [0.3, 0.4) is 0 Å². The van der Waals surface area contributed by atoms with Crippen molar-refractivity contribution >= 4 is 5.95 Å². The third kappa shape index (κ3) is 2.50. The summed E-state index contributed by atoms with van der Waals surface area (Å²) in [5, 5.41) is 3.12. The Kier molecular flexibility index (Phi) is 3.26. The molecular formula is C11H20N4. The van der Waals surface area contributed by atoms with E-state index < -0.39 is 0 Å². The Labute approximate surface area is 91.3 Å². The monoisotopic (exact) mass is 208 g/mol. The average molecular weight is 208 g/mol. The highest BCUT2D eigenvalue weighted by molar-refractivity contribution is 5.24. The van der Waals surface area contributed by atoms with E-state index in [0.717, 1.165) is 18.4 Å². The molecule has 2 rings (SSSR count). The van der Waals surface area contributed by atoms with Crippen molar-refractivity contribution in [3.8, 4) is 0 Å². The fraction of sp³-hybridized carbons (Fsp3) is 0.727. The van der Waals surface area contributed by atoms with Gasteiger partial charge in [0, 0.05) is 26.0 Å². The van der Waals surface area contributed by atoms with Crippen molar-refractivity contribution in [3.05, 3.63) is 12.4 Å². The van der Waals surface area contributed by atoms with Crippen molar-refractivity contribution in [3.63, 3.8) is 0 Å². The number of aromatic nitrogens is 2. The van der Waals surface area contributed by atoms with Gasteiger partial charge in [-0.25, -0.2) is 4.98 Å². The Morgan fingerprint density at radius 1 is 1.47 bits per heavy atom. The molecule has 0 aromatic carbocycles. The van der Waals surface area contributed by atoms with E-state index in [9.17, 15) is 0 Å². The molecule has 0 saturated carbocycles. The van der Waals surface area contributed by atoms with Crippen LogP contribution in [0.4, 0.5) is 5.95 Å². The highest BCUT2D eigenvalue weighted by Crippen LogP contribution is 2.19. The fourth-order valence-corrected chi connectivity index (χ4v) is 2.21. The number of nitrogens with zero attached hydrogens (tertiary/aromatic N) is 3. The molecule has 0 unspecified atom stereocenters. The van der Waals surface area contributed by atoms with Crippen LogP contribution in [0, 0.1) is 5.92 Å². The van der Waals surface area contributed by atoms with E-state index >= 15 is 0 Å². The quantitative estimate of drug-likeness (QED) is 0.812. The van der Waals surface area contributed by atoms with Gasteiger partial charge in [0.15, 0.2) is 0 Å². The Balaban J connectivity index is 1.91. The molecule has 2 heterocycles. The standard InChI is InChI=1S/C11H20N4/c1-12-11-13-5-8-15(11)9-10-3-6-14(2)7-4-10/h5,8,10H,3-4,6-7,9H2,1-2H3,(H,12,13). The predicted octanol–water partition coefficient (Wildman–Crippen LogP) is 1.27. The molecule has 0 radical (unpaired) electrons. The first-order chi connectivity index (χ1) is 7.29. The molecule has 15 heavy (non-hydrogen) atoms. The maximum atomic E-state index is 4.26. The van der Waals surface area contributed by atoms with Gasteiger partial charge in [-0.2, -0.15) is 0 Å². The lowest BCUT2D eigenvalue weighted by Gasteiger charge is -2.29. The molecule has 1 aromatic rings. The summed E-state index contributed by atoms with van der Waals surface area (Å²) in [7, 11) is 4.12. The summed E-state index contributed by atoms with van der Waals surface area (Å²) in [5.41, 5.74) is 0. The Morgan fingerprint density at radius 3 is 2.87 bits per heavy atom. The van der Waals surface area contributed by atoms with Gasteiger partial charge >= 0.3 is 0 Å². The summed E-state index contributed by atoms with van der Waals surface area (Å²) in [6, 6.07) is 0. The summed E-state index contributed by atoms with van der Waals surface area (Å²) in [6.45, 7) is 3.56. The molecule has 1 aromatic heterocycles. The van der Waals surface area contributed by atoms with Crippen molar-refractivity contribution in [2.45, 2.75) is 19.4 Å². The number of rotatable bonds is 3. The van der Waals surface area contributed by atoms with Gasteiger partial charge in [0.2, 0.25) is 5.95 Å². The molecule has 0 atom stereocenters. The normalized spacial score (nSPS) is 19.3. The maximum absolute atomic E-state index is 4.26. The van der Waals surface area contributed by atoms with Gasteiger partial charge in [-0.15, -0.1) is 0 Å². The van der Waals surface area contributed by atoms with Crippen molar-refractivity contribution in [1.29, 1.82) is 0 Å². The second-order valence-electron chi connectivity index (χ2n) is 4.40. The third-order valence-electron chi connectivity index (χ3n) is 3.23. The lowest BCUT2D eigenvalue weighted by atomic mass is 9.97. The molecule has 84 valence electrons. The molecular weight excluding hydrogens is 188 g/mol. The topological polar surface area (TPSA) is 33.1 Å². The van der Waals surface area contributed by atoms with E-state index in [-0.39, 0.29) is 0 Å². The maximum Gasteiger partial charge on any atom is 0.202 e. The number of anilines is 1. The Morgan fingerprint density at radius 2 is 2.20 bits per heavy atom. The molecule has 1 fully saturated rings. The van der Waals surface area contributed by atoms with E-state index in [2.05, 4.69) is 33.0 Å². The molecule has 1 aliphatic heterocycles. The zero-order chi connectivity index (χ0) is 10.7. The van der Waals surface area contributed by atoms with E-state index in [0.29, 0.717) is 0 Å². The van der Waals surface area contributed by atoms with Gasteiger partial charge in [-0.1, -0.05) is 0 Å². The zero-order valence-electron chi connectivity index (χ0n) is 9.61. The predicted molar refractivity (Wildman–Crippen MR) is 62.0 cm³/mol. The smallest absolute Gasteiger partial charge is 0.202 e.